The average Bonchev–Trinajstić information content (AvgIpc) is 3.21. The van der Waals surface area contributed by atoms with Gasteiger partial charge in [0.1, 0.15) is 0 Å². The van der Waals surface area contributed by atoms with E-state index in [4.69, 9.17) is 12.2 Å². The SMILES string of the molecule is C#Cc1cccc(-n2cc(-c3cnn(CC)c3)c(C(N)=O)n2)c1. The maximum absolute atomic E-state index is 11.7. The van der Waals surface area contributed by atoms with Crippen molar-refractivity contribution in [3.63, 3.8) is 0 Å². The van der Waals surface area contributed by atoms with Gasteiger partial charge in [0.05, 0.1) is 11.9 Å². The predicted octanol–water partition coefficient (Wildman–Crippen LogP) is 1.84. The summed E-state index contributed by atoms with van der Waals surface area (Å²) in [6.07, 6.45) is 10.7. The van der Waals surface area contributed by atoms with Gasteiger partial charge in [-0.1, -0.05) is 12.0 Å². The molecule has 0 atom stereocenters. The normalized spacial score (nSPS) is 10.4. The number of carbonyl (C=O) groups is 1. The van der Waals surface area contributed by atoms with Crippen LogP contribution >= 0.6 is 0 Å². The van der Waals surface area contributed by atoms with E-state index in [1.54, 1.807) is 21.8 Å². The number of carbonyl (C=O) groups excluding carboxylic acids is 1. The molecule has 0 aliphatic heterocycles. The van der Waals surface area contributed by atoms with Crippen LogP contribution in [0.15, 0.2) is 42.9 Å². The van der Waals surface area contributed by atoms with Crippen LogP contribution in [0.2, 0.25) is 0 Å². The Morgan fingerprint density at radius 1 is 1.39 bits per heavy atom. The lowest BCUT2D eigenvalue weighted by atomic mass is 10.1. The summed E-state index contributed by atoms with van der Waals surface area (Å²) < 4.78 is 3.37. The van der Waals surface area contributed by atoms with Crippen molar-refractivity contribution < 1.29 is 4.79 Å². The second kappa shape index (κ2) is 5.81. The molecule has 0 bridgehead atoms. The van der Waals surface area contributed by atoms with Crippen molar-refractivity contribution in [2.24, 2.45) is 5.73 Å². The molecule has 0 unspecified atom stereocenters. The molecule has 0 saturated heterocycles. The van der Waals surface area contributed by atoms with Crippen LogP contribution in [-0.4, -0.2) is 25.5 Å². The van der Waals surface area contributed by atoms with E-state index in [1.165, 1.54) is 0 Å². The summed E-state index contributed by atoms with van der Waals surface area (Å²) in [5.74, 6) is 1.99. The van der Waals surface area contributed by atoms with Gasteiger partial charge in [-0.2, -0.15) is 10.2 Å². The van der Waals surface area contributed by atoms with Crippen molar-refractivity contribution in [1.82, 2.24) is 19.6 Å². The van der Waals surface area contributed by atoms with Gasteiger partial charge in [0, 0.05) is 35.6 Å². The van der Waals surface area contributed by atoms with E-state index in [9.17, 15) is 4.79 Å². The van der Waals surface area contributed by atoms with Gasteiger partial charge in [0.2, 0.25) is 0 Å². The minimum atomic E-state index is -0.587. The molecule has 1 aromatic carbocycles. The maximum Gasteiger partial charge on any atom is 0.269 e. The first-order valence-electron chi connectivity index (χ1n) is 7.11. The summed E-state index contributed by atoms with van der Waals surface area (Å²) in [5.41, 5.74) is 8.60. The number of benzene rings is 1. The number of nitrogens with zero attached hydrogens (tertiary/aromatic N) is 4. The highest BCUT2D eigenvalue weighted by Gasteiger charge is 2.17. The first-order valence-corrected chi connectivity index (χ1v) is 7.11. The van der Waals surface area contributed by atoms with E-state index in [1.807, 2.05) is 37.4 Å². The number of nitrogens with two attached hydrogens (primary N) is 1. The van der Waals surface area contributed by atoms with Crippen LogP contribution < -0.4 is 5.73 Å². The molecule has 6 heteroatoms. The van der Waals surface area contributed by atoms with Crippen LogP contribution in [0.3, 0.4) is 0 Å². The zero-order chi connectivity index (χ0) is 16.4. The van der Waals surface area contributed by atoms with Crippen LogP contribution in [0.5, 0.6) is 0 Å². The van der Waals surface area contributed by atoms with Crippen molar-refractivity contribution in [1.29, 1.82) is 0 Å². The van der Waals surface area contributed by atoms with E-state index < -0.39 is 5.91 Å². The quantitative estimate of drug-likeness (QED) is 0.747. The van der Waals surface area contributed by atoms with E-state index in [0.717, 1.165) is 23.4 Å². The van der Waals surface area contributed by atoms with Gasteiger partial charge in [-0.05, 0) is 25.1 Å². The van der Waals surface area contributed by atoms with E-state index in [0.29, 0.717) is 5.56 Å². The van der Waals surface area contributed by atoms with Crippen molar-refractivity contribution in [3.05, 3.63) is 54.1 Å². The Labute approximate surface area is 133 Å². The number of rotatable bonds is 4. The van der Waals surface area contributed by atoms with Gasteiger partial charge >= 0.3 is 0 Å². The molecule has 0 aliphatic rings. The highest BCUT2D eigenvalue weighted by Crippen LogP contribution is 2.24. The number of amides is 1. The Morgan fingerprint density at radius 3 is 2.87 bits per heavy atom. The van der Waals surface area contributed by atoms with Gasteiger partial charge in [0.25, 0.3) is 5.91 Å². The zero-order valence-electron chi connectivity index (χ0n) is 12.6. The first kappa shape index (κ1) is 14.6. The molecule has 23 heavy (non-hydrogen) atoms. The average molecular weight is 305 g/mol. The van der Waals surface area contributed by atoms with Crippen LogP contribution in [0.4, 0.5) is 0 Å². The van der Waals surface area contributed by atoms with Gasteiger partial charge in [0.15, 0.2) is 5.69 Å². The minimum absolute atomic E-state index is 0.201. The lowest BCUT2D eigenvalue weighted by Gasteiger charge is -2.01. The standard InChI is InChI=1S/C17H15N5O/c1-3-12-6-5-7-14(8-12)22-11-15(16(20-22)17(18)23)13-9-19-21(4-2)10-13/h1,5-11H,4H2,2H3,(H2,18,23). The number of terminal acetylenes is 1. The second-order valence-electron chi connectivity index (χ2n) is 4.98. The molecule has 0 saturated carbocycles. The molecule has 3 aromatic rings. The zero-order valence-corrected chi connectivity index (χ0v) is 12.6. The molecule has 3 rings (SSSR count). The van der Waals surface area contributed by atoms with Gasteiger partial charge < -0.3 is 5.73 Å². The summed E-state index contributed by atoms with van der Waals surface area (Å²) in [6.45, 7) is 2.73. The first-order chi connectivity index (χ1) is 11.1. The monoisotopic (exact) mass is 305 g/mol. The predicted molar refractivity (Wildman–Crippen MR) is 86.9 cm³/mol. The third-order valence-electron chi connectivity index (χ3n) is 3.49. The number of hydrogen-bond donors (Lipinski definition) is 1. The fraction of sp³-hybridized carbons (Fsp3) is 0.118. The van der Waals surface area contributed by atoms with Gasteiger partial charge in [-0.3, -0.25) is 9.48 Å². The molecular formula is C17H15N5O. The Balaban J connectivity index is 2.12. The molecule has 2 heterocycles. The lowest BCUT2D eigenvalue weighted by Crippen LogP contribution is -2.13. The van der Waals surface area contributed by atoms with Crippen LogP contribution in [0, 0.1) is 12.3 Å². The van der Waals surface area contributed by atoms with Crippen molar-refractivity contribution in [3.8, 4) is 29.2 Å². The topological polar surface area (TPSA) is 78.7 Å². The van der Waals surface area contributed by atoms with Crippen molar-refractivity contribution >= 4 is 5.91 Å². The fourth-order valence-corrected chi connectivity index (χ4v) is 2.31. The fourth-order valence-electron chi connectivity index (χ4n) is 2.31. The Kier molecular flexibility index (Phi) is 3.69. The summed E-state index contributed by atoms with van der Waals surface area (Å²) in [5, 5.41) is 8.53. The molecule has 114 valence electrons. The molecule has 1 amide bonds. The van der Waals surface area contributed by atoms with Crippen LogP contribution in [-0.2, 0) is 6.54 Å². The third-order valence-corrected chi connectivity index (χ3v) is 3.49. The van der Waals surface area contributed by atoms with E-state index in [-0.39, 0.29) is 5.69 Å². The number of hydrogen-bond acceptors (Lipinski definition) is 3. The smallest absolute Gasteiger partial charge is 0.269 e. The van der Waals surface area contributed by atoms with Gasteiger partial charge in [-0.25, -0.2) is 4.68 Å². The molecule has 0 radical (unpaired) electrons. The molecule has 2 aromatic heterocycles. The summed E-state index contributed by atoms with van der Waals surface area (Å²) in [7, 11) is 0. The number of aromatic nitrogens is 4. The maximum atomic E-state index is 11.7. The van der Waals surface area contributed by atoms with E-state index in [2.05, 4.69) is 16.1 Å². The van der Waals surface area contributed by atoms with Crippen molar-refractivity contribution in [2.45, 2.75) is 13.5 Å². The molecule has 2 N–H and O–H groups in total. The lowest BCUT2D eigenvalue weighted by molar-refractivity contribution is 0.0996. The highest BCUT2D eigenvalue weighted by molar-refractivity contribution is 5.97. The van der Waals surface area contributed by atoms with E-state index >= 15 is 0 Å². The largest absolute Gasteiger partial charge is 0.364 e. The van der Waals surface area contributed by atoms with Gasteiger partial charge in [-0.15, -0.1) is 6.42 Å². The highest BCUT2D eigenvalue weighted by atomic mass is 16.1. The molecule has 6 nitrogen and oxygen atoms in total. The summed E-state index contributed by atoms with van der Waals surface area (Å²) in [4.78, 5) is 11.7. The Bertz CT molecular complexity index is 913. The minimum Gasteiger partial charge on any atom is -0.364 e. The molecular weight excluding hydrogens is 290 g/mol. The molecule has 0 fully saturated rings. The van der Waals surface area contributed by atoms with Crippen LogP contribution in [0.1, 0.15) is 23.0 Å². The number of primary amides is 1. The van der Waals surface area contributed by atoms with Crippen LogP contribution in [0.25, 0.3) is 16.8 Å². The number of aryl methyl sites for hydroxylation is 1. The molecule has 0 aliphatic carbocycles. The second-order valence-corrected chi connectivity index (χ2v) is 4.98. The Hall–Kier alpha value is -3.33. The third kappa shape index (κ3) is 2.72. The summed E-state index contributed by atoms with van der Waals surface area (Å²) >= 11 is 0. The Morgan fingerprint density at radius 2 is 2.22 bits per heavy atom. The molecule has 0 spiro atoms. The summed E-state index contributed by atoms with van der Waals surface area (Å²) in [6, 6.07) is 7.34. The van der Waals surface area contributed by atoms with Crippen molar-refractivity contribution in [2.75, 3.05) is 0 Å².